The Morgan fingerprint density at radius 3 is 2.50 bits per heavy atom. The minimum Gasteiger partial charge on any atom is -0.435 e. The highest BCUT2D eigenvalue weighted by Crippen LogP contribution is 2.31. The third-order valence-corrected chi connectivity index (χ3v) is 5.79. The number of aromatic nitrogens is 2. The number of hydrogen-bond acceptors (Lipinski definition) is 7. The molecule has 0 saturated heterocycles. The number of alkyl halides is 2. The normalized spacial score (nSPS) is 11.6. The second-order valence-corrected chi connectivity index (χ2v) is 8.44. The summed E-state index contributed by atoms with van der Waals surface area (Å²) in [6.45, 7) is 3.36. The van der Waals surface area contributed by atoms with Gasteiger partial charge in [-0.3, -0.25) is 0 Å². The maximum absolute atomic E-state index is 12.3. The number of ether oxygens (including phenoxy) is 1. The smallest absolute Gasteiger partial charge is 0.387 e. The quantitative estimate of drug-likeness (QED) is 0.242. The second-order valence-electron chi connectivity index (χ2n) is 7.52. The highest BCUT2D eigenvalue weighted by molar-refractivity contribution is 7.98. The summed E-state index contributed by atoms with van der Waals surface area (Å²) in [4.78, 5) is 12.0. The molecule has 32 heavy (non-hydrogen) atoms. The van der Waals surface area contributed by atoms with E-state index in [-0.39, 0.29) is 11.6 Å². The van der Waals surface area contributed by atoms with Gasteiger partial charge in [-0.1, -0.05) is 25.6 Å². The van der Waals surface area contributed by atoms with Crippen LogP contribution in [0, 0.1) is 6.92 Å². The molecular weight excluding hydrogens is 438 g/mol. The Labute approximate surface area is 186 Å². The van der Waals surface area contributed by atoms with Crippen LogP contribution in [0.2, 0.25) is 0 Å². The Morgan fingerprint density at radius 2 is 1.81 bits per heavy atom. The van der Waals surface area contributed by atoms with Crippen LogP contribution in [-0.2, 0) is 5.75 Å². The molecule has 2 aromatic heterocycles. The molecular formula is C23H20F2N2O4S. The van der Waals surface area contributed by atoms with Crippen LogP contribution < -0.4 is 10.4 Å². The van der Waals surface area contributed by atoms with E-state index in [9.17, 15) is 13.6 Å². The van der Waals surface area contributed by atoms with Crippen LogP contribution in [0.4, 0.5) is 8.78 Å². The van der Waals surface area contributed by atoms with Crippen molar-refractivity contribution >= 4 is 22.7 Å². The number of fused-ring (bicyclic) bond motifs is 1. The number of hydrogen-bond donors (Lipinski definition) is 0. The van der Waals surface area contributed by atoms with Gasteiger partial charge in [0.25, 0.3) is 5.22 Å². The van der Waals surface area contributed by atoms with E-state index in [0.717, 1.165) is 16.5 Å². The SMILES string of the molecule is Cc1cc2oc(=O)cc(CSc3nnc(-c4ccc(OC(F)F)cc4)o3)c2cc1C(C)C. The third kappa shape index (κ3) is 4.83. The van der Waals surface area contributed by atoms with Gasteiger partial charge in [0.1, 0.15) is 11.3 Å². The standard InChI is InChI=1S/C23H20F2N2O4S/c1-12(2)17-10-18-15(9-20(28)30-19(18)8-13(17)3)11-32-23-27-26-21(31-23)14-4-6-16(7-5-14)29-22(24)25/h4-10,12,22H,11H2,1-3H3. The molecule has 0 aliphatic heterocycles. The van der Waals surface area contributed by atoms with Gasteiger partial charge in [-0.2, -0.15) is 8.78 Å². The topological polar surface area (TPSA) is 78.4 Å². The summed E-state index contributed by atoms with van der Waals surface area (Å²) < 4.78 is 40.0. The summed E-state index contributed by atoms with van der Waals surface area (Å²) in [6.07, 6.45) is 0. The molecule has 0 atom stereocenters. The minimum absolute atomic E-state index is 0.0451. The van der Waals surface area contributed by atoms with Crippen molar-refractivity contribution in [3.63, 3.8) is 0 Å². The van der Waals surface area contributed by atoms with Crippen LogP contribution in [-0.4, -0.2) is 16.8 Å². The predicted octanol–water partition coefficient (Wildman–Crippen LogP) is 6.17. The molecule has 166 valence electrons. The molecule has 0 N–H and O–H groups in total. The van der Waals surface area contributed by atoms with Gasteiger partial charge in [-0.15, -0.1) is 10.2 Å². The number of halogens is 2. The zero-order chi connectivity index (χ0) is 22.8. The summed E-state index contributed by atoms with van der Waals surface area (Å²) in [5.41, 5.74) is 3.79. The molecule has 0 radical (unpaired) electrons. The summed E-state index contributed by atoms with van der Waals surface area (Å²) in [6, 6.07) is 11.4. The zero-order valence-electron chi connectivity index (χ0n) is 17.6. The summed E-state index contributed by atoms with van der Waals surface area (Å²) in [5, 5.41) is 9.25. The Morgan fingerprint density at radius 1 is 1.06 bits per heavy atom. The van der Waals surface area contributed by atoms with E-state index in [1.807, 2.05) is 13.0 Å². The van der Waals surface area contributed by atoms with Crippen LogP contribution in [0.15, 0.2) is 61.3 Å². The van der Waals surface area contributed by atoms with Gasteiger partial charge in [-0.05, 0) is 65.9 Å². The highest BCUT2D eigenvalue weighted by Gasteiger charge is 2.14. The molecule has 0 spiro atoms. The molecule has 9 heteroatoms. The fraction of sp³-hybridized carbons (Fsp3) is 0.261. The molecule has 0 unspecified atom stereocenters. The van der Waals surface area contributed by atoms with Gasteiger partial charge in [-0.25, -0.2) is 4.79 Å². The van der Waals surface area contributed by atoms with E-state index >= 15 is 0 Å². The molecule has 0 amide bonds. The van der Waals surface area contributed by atoms with Crippen molar-refractivity contribution in [2.75, 3.05) is 0 Å². The first-order valence-electron chi connectivity index (χ1n) is 9.89. The summed E-state index contributed by atoms with van der Waals surface area (Å²) >= 11 is 1.30. The maximum atomic E-state index is 12.3. The molecule has 0 saturated carbocycles. The largest absolute Gasteiger partial charge is 0.435 e. The molecule has 4 aromatic rings. The maximum Gasteiger partial charge on any atom is 0.387 e. The fourth-order valence-electron chi connectivity index (χ4n) is 3.44. The van der Waals surface area contributed by atoms with Crippen LogP contribution in [0.3, 0.4) is 0 Å². The van der Waals surface area contributed by atoms with Gasteiger partial charge in [0.05, 0.1) is 0 Å². The van der Waals surface area contributed by atoms with Crippen molar-refractivity contribution in [2.24, 2.45) is 0 Å². The molecule has 4 rings (SSSR count). The number of nitrogens with zero attached hydrogens (tertiary/aromatic N) is 2. The fourth-order valence-corrected chi connectivity index (χ4v) is 4.19. The summed E-state index contributed by atoms with van der Waals surface area (Å²) in [7, 11) is 0. The number of thioether (sulfide) groups is 1. The molecule has 0 aliphatic rings. The van der Waals surface area contributed by atoms with Gasteiger partial charge in [0.2, 0.25) is 5.89 Å². The lowest BCUT2D eigenvalue weighted by Gasteiger charge is -2.12. The summed E-state index contributed by atoms with van der Waals surface area (Å²) in [5.74, 6) is 1.07. The van der Waals surface area contributed by atoms with E-state index in [2.05, 4.69) is 34.8 Å². The van der Waals surface area contributed by atoms with E-state index < -0.39 is 12.2 Å². The van der Waals surface area contributed by atoms with E-state index in [4.69, 9.17) is 8.83 Å². The third-order valence-electron chi connectivity index (χ3n) is 4.92. The molecule has 2 heterocycles. The van der Waals surface area contributed by atoms with Crippen molar-refractivity contribution in [1.29, 1.82) is 0 Å². The van der Waals surface area contributed by atoms with E-state index in [1.165, 1.54) is 35.5 Å². The van der Waals surface area contributed by atoms with Gasteiger partial charge >= 0.3 is 12.2 Å². The number of benzene rings is 2. The molecule has 0 bridgehead atoms. The Balaban J connectivity index is 1.55. The monoisotopic (exact) mass is 458 g/mol. The van der Waals surface area contributed by atoms with Crippen LogP contribution in [0.5, 0.6) is 5.75 Å². The molecule has 0 fully saturated rings. The van der Waals surface area contributed by atoms with E-state index in [1.54, 1.807) is 12.1 Å². The first-order chi connectivity index (χ1) is 15.3. The average molecular weight is 458 g/mol. The average Bonchev–Trinajstić information content (AvgIpc) is 3.20. The predicted molar refractivity (Wildman–Crippen MR) is 117 cm³/mol. The lowest BCUT2D eigenvalue weighted by Crippen LogP contribution is -2.02. The lowest BCUT2D eigenvalue weighted by molar-refractivity contribution is -0.0498. The highest BCUT2D eigenvalue weighted by atomic mass is 32.2. The van der Waals surface area contributed by atoms with E-state index in [0.29, 0.717) is 28.0 Å². The van der Waals surface area contributed by atoms with Gasteiger partial charge in [0, 0.05) is 22.8 Å². The second kappa shape index (κ2) is 9.12. The van der Waals surface area contributed by atoms with Crippen molar-refractivity contribution in [2.45, 2.75) is 44.3 Å². The first-order valence-corrected chi connectivity index (χ1v) is 10.9. The Kier molecular flexibility index (Phi) is 6.27. The molecule has 0 aliphatic carbocycles. The Bertz CT molecular complexity index is 1300. The first kappa shape index (κ1) is 22.0. The van der Waals surface area contributed by atoms with Crippen LogP contribution >= 0.6 is 11.8 Å². The minimum atomic E-state index is -2.88. The van der Waals surface area contributed by atoms with Crippen LogP contribution in [0.25, 0.3) is 22.4 Å². The van der Waals surface area contributed by atoms with Crippen molar-refractivity contribution in [3.8, 4) is 17.2 Å². The Hall–Kier alpha value is -3.20. The molecule has 2 aromatic carbocycles. The lowest BCUT2D eigenvalue weighted by atomic mass is 9.95. The van der Waals surface area contributed by atoms with Crippen molar-refractivity contribution in [1.82, 2.24) is 10.2 Å². The van der Waals surface area contributed by atoms with Crippen LogP contribution in [0.1, 0.15) is 36.5 Å². The zero-order valence-corrected chi connectivity index (χ0v) is 18.4. The molecule has 6 nitrogen and oxygen atoms in total. The number of aryl methyl sites for hydroxylation is 1. The number of rotatable bonds is 7. The van der Waals surface area contributed by atoms with Gasteiger partial charge < -0.3 is 13.6 Å². The van der Waals surface area contributed by atoms with Crippen molar-refractivity contribution in [3.05, 3.63) is 69.6 Å². The van der Waals surface area contributed by atoms with Crippen molar-refractivity contribution < 1.29 is 22.4 Å². The van der Waals surface area contributed by atoms with Gasteiger partial charge in [0.15, 0.2) is 0 Å².